The summed E-state index contributed by atoms with van der Waals surface area (Å²) in [6.07, 6.45) is 4.06. The van der Waals surface area contributed by atoms with Crippen LogP contribution in [-0.2, 0) is 0 Å². The number of anilines is 1. The van der Waals surface area contributed by atoms with E-state index >= 15 is 0 Å². The third kappa shape index (κ3) is 2.73. The number of nitrogens with zero attached hydrogens (tertiary/aromatic N) is 5. The molecule has 2 heterocycles. The first-order chi connectivity index (χ1) is 9.33. The number of para-hydroxylation sites is 2. The minimum atomic E-state index is 0.483. The molecule has 1 atom stereocenters. The number of tetrazole rings is 1. The number of hydrogen-bond acceptors (Lipinski definition) is 5. The molecule has 0 amide bonds. The zero-order valence-corrected chi connectivity index (χ0v) is 11.0. The van der Waals surface area contributed by atoms with Crippen molar-refractivity contribution < 1.29 is 0 Å². The van der Waals surface area contributed by atoms with Crippen LogP contribution in [0, 0.1) is 0 Å². The van der Waals surface area contributed by atoms with Crippen molar-refractivity contribution >= 4 is 5.69 Å². The van der Waals surface area contributed by atoms with Crippen molar-refractivity contribution in [2.45, 2.75) is 18.9 Å². The van der Waals surface area contributed by atoms with E-state index in [0.717, 1.165) is 17.9 Å². The van der Waals surface area contributed by atoms with Crippen molar-refractivity contribution in [3.63, 3.8) is 0 Å². The van der Waals surface area contributed by atoms with Crippen LogP contribution in [-0.4, -0.2) is 51.3 Å². The fourth-order valence-electron chi connectivity index (χ4n) is 2.57. The molecule has 1 aromatic carbocycles. The summed E-state index contributed by atoms with van der Waals surface area (Å²) in [5.74, 6) is 0. The second-order valence-corrected chi connectivity index (χ2v) is 5.02. The van der Waals surface area contributed by atoms with E-state index in [1.54, 1.807) is 11.0 Å². The second kappa shape index (κ2) is 5.36. The van der Waals surface area contributed by atoms with Gasteiger partial charge in [-0.1, -0.05) is 12.1 Å². The average molecular weight is 258 g/mol. The smallest absolute Gasteiger partial charge is 0.143 e. The fourth-order valence-corrected chi connectivity index (χ4v) is 2.57. The van der Waals surface area contributed by atoms with Gasteiger partial charge < -0.3 is 10.2 Å². The molecule has 1 aliphatic heterocycles. The number of nitrogens with one attached hydrogen (secondary N) is 1. The molecule has 1 unspecified atom stereocenters. The van der Waals surface area contributed by atoms with Crippen LogP contribution in [0.1, 0.15) is 12.8 Å². The zero-order chi connectivity index (χ0) is 13.1. The summed E-state index contributed by atoms with van der Waals surface area (Å²) < 4.78 is 1.69. The van der Waals surface area contributed by atoms with E-state index in [4.69, 9.17) is 0 Å². The molecule has 1 aliphatic rings. The van der Waals surface area contributed by atoms with Crippen molar-refractivity contribution in [2.24, 2.45) is 0 Å². The van der Waals surface area contributed by atoms with E-state index in [9.17, 15) is 0 Å². The Balaban J connectivity index is 1.81. The highest BCUT2D eigenvalue weighted by Gasteiger charge is 2.18. The van der Waals surface area contributed by atoms with Crippen molar-refractivity contribution in [1.29, 1.82) is 0 Å². The fraction of sp³-hybridized carbons (Fsp3) is 0.462. The van der Waals surface area contributed by atoms with Crippen LogP contribution in [0.15, 0.2) is 30.6 Å². The molecular weight excluding hydrogens is 240 g/mol. The molecule has 1 aromatic heterocycles. The van der Waals surface area contributed by atoms with E-state index in [0.29, 0.717) is 6.04 Å². The molecule has 0 radical (unpaired) electrons. The molecular formula is C13H18N6. The maximum Gasteiger partial charge on any atom is 0.143 e. The summed E-state index contributed by atoms with van der Waals surface area (Å²) in [4.78, 5) is 2.36. The Morgan fingerprint density at radius 3 is 3.00 bits per heavy atom. The first-order valence-corrected chi connectivity index (χ1v) is 6.60. The molecule has 2 aromatic rings. The Bertz CT molecular complexity index is 524. The molecule has 0 spiro atoms. The summed E-state index contributed by atoms with van der Waals surface area (Å²) >= 11 is 0. The van der Waals surface area contributed by atoms with Gasteiger partial charge in [0.15, 0.2) is 0 Å². The molecule has 19 heavy (non-hydrogen) atoms. The monoisotopic (exact) mass is 258 g/mol. The number of likely N-dealkylation sites (N-methyl/N-ethyl adjacent to an activating group) is 1. The average Bonchev–Trinajstić information content (AvgIpc) is 2.93. The van der Waals surface area contributed by atoms with Gasteiger partial charge in [0.05, 0.1) is 11.4 Å². The van der Waals surface area contributed by atoms with E-state index in [1.807, 2.05) is 18.2 Å². The van der Waals surface area contributed by atoms with E-state index in [-0.39, 0.29) is 0 Å². The topological polar surface area (TPSA) is 58.9 Å². The van der Waals surface area contributed by atoms with Crippen molar-refractivity contribution in [2.75, 3.05) is 25.5 Å². The van der Waals surface area contributed by atoms with Gasteiger partial charge >= 0.3 is 0 Å². The van der Waals surface area contributed by atoms with Crippen LogP contribution in [0.2, 0.25) is 0 Å². The van der Waals surface area contributed by atoms with Crippen LogP contribution in [0.3, 0.4) is 0 Å². The summed E-state index contributed by atoms with van der Waals surface area (Å²) in [7, 11) is 2.17. The van der Waals surface area contributed by atoms with Crippen LogP contribution >= 0.6 is 0 Å². The second-order valence-electron chi connectivity index (χ2n) is 5.02. The summed E-state index contributed by atoms with van der Waals surface area (Å²) in [5, 5.41) is 15.0. The van der Waals surface area contributed by atoms with Crippen molar-refractivity contribution in [3.8, 4) is 5.69 Å². The van der Waals surface area contributed by atoms with E-state index < -0.39 is 0 Å². The number of hydrogen-bond donors (Lipinski definition) is 1. The Kier molecular flexibility index (Phi) is 3.41. The molecule has 1 fully saturated rings. The summed E-state index contributed by atoms with van der Waals surface area (Å²) in [6, 6.07) is 8.60. The molecule has 0 bridgehead atoms. The van der Waals surface area contributed by atoms with Gasteiger partial charge in [-0.25, -0.2) is 0 Å². The Morgan fingerprint density at radius 1 is 1.32 bits per heavy atom. The van der Waals surface area contributed by atoms with E-state index in [2.05, 4.69) is 38.9 Å². The molecule has 0 aliphatic carbocycles. The maximum absolute atomic E-state index is 3.96. The highest BCUT2D eigenvalue weighted by atomic mass is 15.5. The zero-order valence-electron chi connectivity index (χ0n) is 11.0. The van der Waals surface area contributed by atoms with Gasteiger partial charge in [0.1, 0.15) is 6.33 Å². The third-order valence-electron chi connectivity index (χ3n) is 3.48. The van der Waals surface area contributed by atoms with Gasteiger partial charge in [-0.15, -0.1) is 5.10 Å². The minimum Gasteiger partial charge on any atom is -0.379 e. The number of aromatic nitrogens is 4. The standard InChI is InChI=1S/C13H18N6/c1-18-8-4-5-11(9-18)15-12-6-2-3-7-13(12)19-10-14-16-17-19/h2-3,6-7,10-11,15H,4-5,8-9H2,1H3. The Labute approximate surface area is 112 Å². The highest BCUT2D eigenvalue weighted by molar-refractivity contribution is 5.60. The predicted octanol–water partition coefficient (Wildman–Crippen LogP) is 1.17. The van der Waals surface area contributed by atoms with Gasteiger partial charge in [0, 0.05) is 12.6 Å². The van der Waals surface area contributed by atoms with Gasteiger partial charge in [-0.05, 0) is 49.0 Å². The van der Waals surface area contributed by atoms with Crippen molar-refractivity contribution in [3.05, 3.63) is 30.6 Å². The van der Waals surface area contributed by atoms with Crippen LogP contribution in [0.25, 0.3) is 5.69 Å². The lowest BCUT2D eigenvalue weighted by molar-refractivity contribution is 0.261. The molecule has 1 N–H and O–H groups in total. The number of rotatable bonds is 3. The third-order valence-corrected chi connectivity index (χ3v) is 3.48. The SMILES string of the molecule is CN1CCCC(Nc2ccccc2-n2cnnn2)C1. The van der Waals surface area contributed by atoms with Gasteiger partial charge in [-0.2, -0.15) is 4.68 Å². The van der Waals surface area contributed by atoms with Gasteiger partial charge in [-0.3, -0.25) is 0 Å². The number of benzene rings is 1. The van der Waals surface area contributed by atoms with Gasteiger partial charge in [0.2, 0.25) is 0 Å². The number of likely N-dealkylation sites (tertiary alicyclic amines) is 1. The molecule has 6 heteroatoms. The largest absolute Gasteiger partial charge is 0.379 e. The molecule has 1 saturated heterocycles. The lowest BCUT2D eigenvalue weighted by atomic mass is 10.1. The van der Waals surface area contributed by atoms with Crippen LogP contribution < -0.4 is 5.32 Å². The highest BCUT2D eigenvalue weighted by Crippen LogP contribution is 2.21. The molecule has 0 saturated carbocycles. The molecule has 6 nitrogen and oxygen atoms in total. The quantitative estimate of drug-likeness (QED) is 0.895. The maximum atomic E-state index is 3.96. The summed E-state index contributed by atoms with van der Waals surface area (Å²) in [6.45, 7) is 2.26. The van der Waals surface area contributed by atoms with Crippen molar-refractivity contribution in [1.82, 2.24) is 25.1 Å². The normalized spacial score (nSPS) is 20.4. The lowest BCUT2D eigenvalue weighted by Crippen LogP contribution is -2.39. The first-order valence-electron chi connectivity index (χ1n) is 6.60. The van der Waals surface area contributed by atoms with E-state index in [1.165, 1.54) is 19.4 Å². The molecule has 3 rings (SSSR count). The Morgan fingerprint density at radius 2 is 2.21 bits per heavy atom. The van der Waals surface area contributed by atoms with Crippen LogP contribution in [0.5, 0.6) is 0 Å². The van der Waals surface area contributed by atoms with Crippen LogP contribution in [0.4, 0.5) is 5.69 Å². The lowest BCUT2D eigenvalue weighted by Gasteiger charge is -2.31. The number of piperidine rings is 1. The predicted molar refractivity (Wildman–Crippen MR) is 73.3 cm³/mol. The minimum absolute atomic E-state index is 0.483. The molecule has 100 valence electrons. The Hall–Kier alpha value is -1.95. The first kappa shape index (κ1) is 12.1. The van der Waals surface area contributed by atoms with Gasteiger partial charge in [0.25, 0.3) is 0 Å². The summed E-state index contributed by atoms with van der Waals surface area (Å²) in [5.41, 5.74) is 2.07.